The van der Waals surface area contributed by atoms with Gasteiger partial charge in [0, 0.05) is 20.2 Å². The minimum absolute atomic E-state index is 0.123. The molecule has 0 bridgehead atoms. The first-order valence-electron chi connectivity index (χ1n) is 7.48. The van der Waals surface area contributed by atoms with E-state index in [1.54, 1.807) is 0 Å². The van der Waals surface area contributed by atoms with Crippen LogP contribution >= 0.6 is 0 Å². The smallest absolute Gasteiger partial charge is 0.0802 e. The lowest BCUT2D eigenvalue weighted by Gasteiger charge is -2.41. The monoisotopic (exact) mass is 261 g/mol. The number of rotatable bonds is 7. The van der Waals surface area contributed by atoms with E-state index in [0.29, 0.717) is 11.8 Å². The summed E-state index contributed by atoms with van der Waals surface area (Å²) in [5, 5.41) is 3.63. The van der Waals surface area contributed by atoms with Crippen LogP contribution in [0.1, 0.15) is 44.6 Å². The maximum atomic E-state index is 5.66. The molecule has 1 aromatic rings. The molecule has 2 rings (SSSR count). The first-order chi connectivity index (χ1) is 9.17. The van der Waals surface area contributed by atoms with Gasteiger partial charge in [-0.25, -0.2) is 0 Å². The highest BCUT2D eigenvalue weighted by molar-refractivity contribution is 5.20. The molecule has 1 atom stereocenters. The van der Waals surface area contributed by atoms with Gasteiger partial charge in [0.05, 0.1) is 5.60 Å². The highest BCUT2D eigenvalue weighted by Crippen LogP contribution is 2.34. The van der Waals surface area contributed by atoms with E-state index >= 15 is 0 Å². The van der Waals surface area contributed by atoms with E-state index in [2.05, 4.69) is 49.5 Å². The molecule has 0 aromatic heterocycles. The van der Waals surface area contributed by atoms with Crippen molar-refractivity contribution >= 4 is 0 Å². The summed E-state index contributed by atoms with van der Waals surface area (Å²) in [6.07, 6.45) is 3.71. The Labute approximate surface area is 117 Å². The Hall–Kier alpha value is -0.860. The molecule has 1 aromatic carbocycles. The summed E-state index contributed by atoms with van der Waals surface area (Å²) >= 11 is 0. The van der Waals surface area contributed by atoms with Crippen molar-refractivity contribution in [1.82, 2.24) is 5.32 Å². The summed E-state index contributed by atoms with van der Waals surface area (Å²) in [4.78, 5) is 0. The van der Waals surface area contributed by atoms with Gasteiger partial charge in [-0.3, -0.25) is 0 Å². The standard InChI is InChI=1S/C17H27NO/c1-14(2)16(15-8-5-4-6-9-15)12-18-13-17(19-3)10-7-11-17/h4-6,8-9,14,16,18H,7,10-13H2,1-3H3. The van der Waals surface area contributed by atoms with E-state index in [-0.39, 0.29) is 5.60 Å². The summed E-state index contributed by atoms with van der Waals surface area (Å²) in [7, 11) is 1.85. The molecule has 2 heteroatoms. The van der Waals surface area contributed by atoms with E-state index in [0.717, 1.165) is 13.1 Å². The molecular weight excluding hydrogens is 234 g/mol. The maximum absolute atomic E-state index is 5.66. The summed E-state index contributed by atoms with van der Waals surface area (Å²) in [6.45, 7) is 6.62. The first-order valence-corrected chi connectivity index (χ1v) is 7.48. The fourth-order valence-electron chi connectivity index (χ4n) is 2.92. The Kier molecular flexibility index (Phi) is 5.00. The fourth-order valence-corrected chi connectivity index (χ4v) is 2.92. The second kappa shape index (κ2) is 6.53. The zero-order valence-electron chi connectivity index (χ0n) is 12.5. The van der Waals surface area contributed by atoms with Crippen LogP contribution < -0.4 is 5.32 Å². The van der Waals surface area contributed by atoms with Gasteiger partial charge >= 0.3 is 0 Å². The third-order valence-electron chi connectivity index (χ3n) is 4.54. The molecule has 1 N–H and O–H groups in total. The molecule has 0 aliphatic heterocycles. The number of nitrogens with one attached hydrogen (secondary N) is 1. The maximum Gasteiger partial charge on any atom is 0.0802 e. The highest BCUT2D eigenvalue weighted by atomic mass is 16.5. The van der Waals surface area contributed by atoms with Crippen molar-refractivity contribution < 1.29 is 4.74 Å². The summed E-state index contributed by atoms with van der Waals surface area (Å²) in [5.74, 6) is 1.23. The molecule has 19 heavy (non-hydrogen) atoms. The average molecular weight is 261 g/mol. The van der Waals surface area contributed by atoms with Gasteiger partial charge in [0.2, 0.25) is 0 Å². The third-order valence-corrected chi connectivity index (χ3v) is 4.54. The van der Waals surface area contributed by atoms with Gasteiger partial charge < -0.3 is 10.1 Å². The van der Waals surface area contributed by atoms with Gasteiger partial charge in [-0.1, -0.05) is 44.2 Å². The lowest BCUT2D eigenvalue weighted by atomic mass is 9.79. The molecule has 0 amide bonds. The molecule has 1 fully saturated rings. The third kappa shape index (κ3) is 3.58. The molecule has 106 valence electrons. The minimum atomic E-state index is 0.123. The molecule has 1 aliphatic carbocycles. The minimum Gasteiger partial charge on any atom is -0.377 e. The van der Waals surface area contributed by atoms with Crippen LogP contribution in [0.5, 0.6) is 0 Å². The molecule has 1 aliphatic rings. The van der Waals surface area contributed by atoms with Gasteiger partial charge in [-0.2, -0.15) is 0 Å². The Morgan fingerprint density at radius 2 is 1.89 bits per heavy atom. The number of ether oxygens (including phenoxy) is 1. The van der Waals surface area contributed by atoms with Crippen molar-refractivity contribution in [3.63, 3.8) is 0 Å². The van der Waals surface area contributed by atoms with Crippen molar-refractivity contribution in [2.75, 3.05) is 20.2 Å². The van der Waals surface area contributed by atoms with E-state index in [1.165, 1.54) is 24.8 Å². The highest BCUT2D eigenvalue weighted by Gasteiger charge is 2.36. The van der Waals surface area contributed by atoms with Crippen molar-refractivity contribution in [2.45, 2.75) is 44.6 Å². The zero-order valence-corrected chi connectivity index (χ0v) is 12.5. The largest absolute Gasteiger partial charge is 0.377 e. The summed E-state index contributed by atoms with van der Waals surface area (Å²) in [5.41, 5.74) is 1.56. The quantitative estimate of drug-likeness (QED) is 0.810. The van der Waals surface area contributed by atoms with Gasteiger partial charge in [0.25, 0.3) is 0 Å². The summed E-state index contributed by atoms with van der Waals surface area (Å²) in [6, 6.07) is 10.8. The van der Waals surface area contributed by atoms with Crippen LogP contribution in [-0.2, 0) is 4.74 Å². The predicted molar refractivity (Wildman–Crippen MR) is 80.5 cm³/mol. The molecule has 0 heterocycles. The number of hydrogen-bond acceptors (Lipinski definition) is 2. The molecule has 1 unspecified atom stereocenters. The molecule has 0 radical (unpaired) electrons. The van der Waals surface area contributed by atoms with Crippen molar-refractivity contribution in [3.8, 4) is 0 Å². The molecule has 2 nitrogen and oxygen atoms in total. The van der Waals surface area contributed by atoms with E-state index < -0.39 is 0 Å². The van der Waals surface area contributed by atoms with Gasteiger partial charge in [-0.05, 0) is 36.7 Å². The normalized spacial score (nSPS) is 19.2. The van der Waals surface area contributed by atoms with Crippen LogP contribution in [0, 0.1) is 5.92 Å². The van der Waals surface area contributed by atoms with Gasteiger partial charge in [0.1, 0.15) is 0 Å². The average Bonchev–Trinajstić information content (AvgIpc) is 2.38. The second-order valence-electron chi connectivity index (χ2n) is 6.13. The Morgan fingerprint density at radius 1 is 1.21 bits per heavy atom. The lowest BCUT2D eigenvalue weighted by molar-refractivity contribution is -0.0695. The molecule has 1 saturated carbocycles. The second-order valence-corrected chi connectivity index (χ2v) is 6.13. The number of hydrogen-bond donors (Lipinski definition) is 1. The van der Waals surface area contributed by atoms with Crippen LogP contribution in [0.2, 0.25) is 0 Å². The van der Waals surface area contributed by atoms with Crippen LogP contribution in [-0.4, -0.2) is 25.8 Å². The SMILES string of the molecule is COC1(CNCC(c2ccccc2)C(C)C)CCC1. The molecule has 0 saturated heterocycles. The van der Waals surface area contributed by atoms with Crippen LogP contribution in [0.4, 0.5) is 0 Å². The van der Waals surface area contributed by atoms with Crippen LogP contribution in [0.3, 0.4) is 0 Å². The first kappa shape index (κ1) is 14.5. The lowest BCUT2D eigenvalue weighted by Crippen LogP contribution is -2.48. The molecular formula is C17H27NO. The van der Waals surface area contributed by atoms with Crippen molar-refractivity contribution in [1.29, 1.82) is 0 Å². The van der Waals surface area contributed by atoms with Gasteiger partial charge in [-0.15, -0.1) is 0 Å². The number of benzene rings is 1. The topological polar surface area (TPSA) is 21.3 Å². The molecule has 0 spiro atoms. The Bertz CT molecular complexity index is 365. The van der Waals surface area contributed by atoms with Crippen molar-refractivity contribution in [3.05, 3.63) is 35.9 Å². The van der Waals surface area contributed by atoms with Crippen molar-refractivity contribution in [2.24, 2.45) is 5.92 Å². The van der Waals surface area contributed by atoms with E-state index in [1.807, 2.05) is 7.11 Å². The number of methoxy groups -OCH3 is 1. The fraction of sp³-hybridized carbons (Fsp3) is 0.647. The predicted octanol–water partition coefficient (Wildman–Crippen LogP) is 3.58. The van der Waals surface area contributed by atoms with E-state index in [4.69, 9.17) is 4.74 Å². The Morgan fingerprint density at radius 3 is 2.37 bits per heavy atom. The van der Waals surface area contributed by atoms with Gasteiger partial charge in [0.15, 0.2) is 0 Å². The zero-order chi connectivity index (χ0) is 13.7. The van der Waals surface area contributed by atoms with Crippen LogP contribution in [0.15, 0.2) is 30.3 Å². The van der Waals surface area contributed by atoms with E-state index in [9.17, 15) is 0 Å². The van der Waals surface area contributed by atoms with Crippen LogP contribution in [0.25, 0.3) is 0 Å². The summed E-state index contributed by atoms with van der Waals surface area (Å²) < 4.78 is 5.66. The Balaban J connectivity index is 1.88.